The van der Waals surface area contributed by atoms with Crippen LogP contribution in [0.5, 0.6) is 0 Å². The van der Waals surface area contributed by atoms with Gasteiger partial charge in [0.05, 0.1) is 12.4 Å². The third-order valence-electron chi connectivity index (χ3n) is 3.64. The Morgan fingerprint density at radius 3 is 2.31 bits per heavy atom. The summed E-state index contributed by atoms with van der Waals surface area (Å²) >= 11 is 0. The van der Waals surface area contributed by atoms with Gasteiger partial charge in [-0.3, -0.25) is 4.18 Å². The number of rotatable bonds is 4. The molecule has 2 rings (SSSR count). The highest BCUT2D eigenvalue weighted by molar-refractivity contribution is 7.86. The summed E-state index contributed by atoms with van der Waals surface area (Å²) in [5.74, 6) is 0.700. The molecule has 2 unspecified atom stereocenters. The molecule has 2 saturated carbocycles. The SMILES string of the molecule is C=C1CC1C(OS(C)(=O)=O)C1CCCCC1. The van der Waals surface area contributed by atoms with Crippen molar-refractivity contribution in [2.24, 2.45) is 11.8 Å². The van der Waals surface area contributed by atoms with E-state index in [2.05, 4.69) is 6.58 Å². The Hall–Kier alpha value is -0.350. The Morgan fingerprint density at radius 2 is 1.88 bits per heavy atom. The lowest BCUT2D eigenvalue weighted by Crippen LogP contribution is -2.30. The summed E-state index contributed by atoms with van der Waals surface area (Å²) in [6, 6.07) is 0. The first-order chi connectivity index (χ1) is 7.47. The second-order valence-electron chi connectivity index (χ2n) is 5.13. The van der Waals surface area contributed by atoms with Crippen molar-refractivity contribution in [1.29, 1.82) is 0 Å². The van der Waals surface area contributed by atoms with Crippen LogP contribution in [0, 0.1) is 11.8 Å². The summed E-state index contributed by atoms with van der Waals surface area (Å²) in [6.45, 7) is 3.92. The molecule has 2 fully saturated rings. The normalized spacial score (nSPS) is 29.1. The maximum atomic E-state index is 11.3. The third kappa shape index (κ3) is 3.08. The van der Waals surface area contributed by atoms with E-state index in [9.17, 15) is 8.42 Å². The Bertz CT molecular complexity index is 366. The summed E-state index contributed by atoms with van der Waals surface area (Å²) in [5, 5.41) is 0. The van der Waals surface area contributed by atoms with Crippen LogP contribution in [0.2, 0.25) is 0 Å². The smallest absolute Gasteiger partial charge is 0.264 e. The minimum absolute atomic E-state index is 0.136. The molecule has 0 aromatic rings. The van der Waals surface area contributed by atoms with Gasteiger partial charge in [0, 0.05) is 5.92 Å². The quantitative estimate of drug-likeness (QED) is 0.563. The van der Waals surface area contributed by atoms with Crippen molar-refractivity contribution in [2.45, 2.75) is 44.6 Å². The lowest BCUT2D eigenvalue weighted by atomic mass is 9.83. The summed E-state index contributed by atoms with van der Waals surface area (Å²) in [7, 11) is -3.34. The van der Waals surface area contributed by atoms with E-state index in [1.165, 1.54) is 19.3 Å². The van der Waals surface area contributed by atoms with E-state index in [0.717, 1.165) is 31.1 Å². The van der Waals surface area contributed by atoms with Gasteiger partial charge in [0.15, 0.2) is 0 Å². The molecule has 0 heterocycles. The molecule has 0 N–H and O–H groups in total. The second kappa shape index (κ2) is 4.49. The zero-order valence-corrected chi connectivity index (χ0v) is 10.6. The molecule has 0 bridgehead atoms. The van der Waals surface area contributed by atoms with Crippen LogP contribution in [-0.2, 0) is 14.3 Å². The zero-order chi connectivity index (χ0) is 11.8. The van der Waals surface area contributed by atoms with Crippen LogP contribution in [0.4, 0.5) is 0 Å². The van der Waals surface area contributed by atoms with Gasteiger partial charge in [0.25, 0.3) is 10.1 Å². The molecule has 0 radical (unpaired) electrons. The Labute approximate surface area is 98.0 Å². The van der Waals surface area contributed by atoms with Gasteiger partial charge in [-0.15, -0.1) is 0 Å². The van der Waals surface area contributed by atoms with Gasteiger partial charge in [-0.2, -0.15) is 8.42 Å². The molecule has 3 nitrogen and oxygen atoms in total. The maximum absolute atomic E-state index is 11.3. The molecule has 2 atom stereocenters. The van der Waals surface area contributed by atoms with Crippen LogP contribution in [0.25, 0.3) is 0 Å². The molecule has 4 heteroatoms. The van der Waals surface area contributed by atoms with Gasteiger partial charge < -0.3 is 0 Å². The Morgan fingerprint density at radius 1 is 1.31 bits per heavy atom. The predicted octanol–water partition coefficient (Wildman–Crippen LogP) is 2.49. The summed E-state index contributed by atoms with van der Waals surface area (Å²) in [4.78, 5) is 0. The lowest BCUT2D eigenvalue weighted by molar-refractivity contribution is 0.0995. The van der Waals surface area contributed by atoms with Gasteiger partial charge in [-0.05, 0) is 25.2 Å². The average molecular weight is 244 g/mol. The third-order valence-corrected chi connectivity index (χ3v) is 4.22. The minimum atomic E-state index is -3.34. The molecule has 2 aliphatic carbocycles. The van der Waals surface area contributed by atoms with E-state index in [0.29, 0.717) is 5.92 Å². The lowest BCUT2D eigenvalue weighted by Gasteiger charge is -2.29. The molecule has 0 aromatic heterocycles. The summed E-state index contributed by atoms with van der Waals surface area (Å²) in [6.07, 6.45) is 7.83. The van der Waals surface area contributed by atoms with E-state index in [1.54, 1.807) is 0 Å². The fraction of sp³-hybridized carbons (Fsp3) is 0.833. The average Bonchev–Trinajstić information content (AvgIpc) is 2.92. The topological polar surface area (TPSA) is 43.4 Å². The first kappa shape index (κ1) is 12.1. The van der Waals surface area contributed by atoms with Crippen molar-refractivity contribution >= 4 is 10.1 Å². The molecule has 0 aromatic carbocycles. The van der Waals surface area contributed by atoms with Crippen molar-refractivity contribution in [3.05, 3.63) is 12.2 Å². The van der Waals surface area contributed by atoms with Gasteiger partial charge in [0.1, 0.15) is 0 Å². The molecule has 92 valence electrons. The molecule has 0 amide bonds. The van der Waals surface area contributed by atoms with E-state index in [4.69, 9.17) is 4.18 Å². The van der Waals surface area contributed by atoms with E-state index in [1.807, 2.05) is 0 Å². The first-order valence-corrected chi connectivity index (χ1v) is 7.85. The highest BCUT2D eigenvalue weighted by Crippen LogP contribution is 2.46. The molecule has 2 aliphatic rings. The van der Waals surface area contributed by atoms with Crippen LogP contribution in [0.3, 0.4) is 0 Å². The van der Waals surface area contributed by atoms with Crippen molar-refractivity contribution in [2.75, 3.05) is 6.26 Å². The van der Waals surface area contributed by atoms with Gasteiger partial charge in [-0.1, -0.05) is 31.4 Å². The highest BCUT2D eigenvalue weighted by Gasteiger charge is 2.42. The van der Waals surface area contributed by atoms with Crippen LogP contribution >= 0.6 is 0 Å². The van der Waals surface area contributed by atoms with E-state index < -0.39 is 10.1 Å². The molecular formula is C12H20O3S. The highest BCUT2D eigenvalue weighted by atomic mass is 32.2. The van der Waals surface area contributed by atoms with Crippen molar-refractivity contribution < 1.29 is 12.6 Å². The van der Waals surface area contributed by atoms with Crippen LogP contribution < -0.4 is 0 Å². The first-order valence-electron chi connectivity index (χ1n) is 6.03. The predicted molar refractivity (Wildman–Crippen MR) is 63.5 cm³/mol. The molecule has 0 aliphatic heterocycles. The van der Waals surface area contributed by atoms with Crippen LogP contribution in [0.1, 0.15) is 38.5 Å². The molecule has 16 heavy (non-hydrogen) atoms. The molecule has 0 spiro atoms. The Balaban J connectivity index is 2.04. The summed E-state index contributed by atoms with van der Waals surface area (Å²) < 4.78 is 27.8. The maximum Gasteiger partial charge on any atom is 0.264 e. The fourth-order valence-corrected chi connectivity index (χ4v) is 3.41. The van der Waals surface area contributed by atoms with Crippen LogP contribution in [0.15, 0.2) is 12.2 Å². The number of hydrogen-bond acceptors (Lipinski definition) is 3. The monoisotopic (exact) mass is 244 g/mol. The van der Waals surface area contributed by atoms with Crippen molar-refractivity contribution in [3.8, 4) is 0 Å². The van der Waals surface area contributed by atoms with Gasteiger partial charge in [0.2, 0.25) is 0 Å². The molecule has 0 saturated heterocycles. The van der Waals surface area contributed by atoms with Crippen molar-refractivity contribution in [3.63, 3.8) is 0 Å². The standard InChI is InChI=1S/C12H20O3S/c1-9-8-11(9)12(15-16(2,13)14)10-6-4-3-5-7-10/h10-12H,1,3-8H2,2H3. The second-order valence-corrected chi connectivity index (χ2v) is 6.73. The molecular weight excluding hydrogens is 224 g/mol. The summed E-state index contributed by atoms with van der Waals surface area (Å²) in [5.41, 5.74) is 1.15. The number of hydrogen-bond donors (Lipinski definition) is 0. The van der Waals surface area contributed by atoms with E-state index >= 15 is 0 Å². The fourth-order valence-electron chi connectivity index (χ4n) is 2.71. The van der Waals surface area contributed by atoms with Crippen molar-refractivity contribution in [1.82, 2.24) is 0 Å². The largest absolute Gasteiger partial charge is 0.266 e. The van der Waals surface area contributed by atoms with E-state index in [-0.39, 0.29) is 12.0 Å². The zero-order valence-electron chi connectivity index (χ0n) is 9.81. The van der Waals surface area contributed by atoms with Crippen LogP contribution in [-0.4, -0.2) is 20.8 Å². The van der Waals surface area contributed by atoms with Gasteiger partial charge in [-0.25, -0.2) is 0 Å². The Kier molecular flexibility index (Phi) is 3.40. The minimum Gasteiger partial charge on any atom is -0.266 e. The van der Waals surface area contributed by atoms with Gasteiger partial charge >= 0.3 is 0 Å².